The predicted molar refractivity (Wildman–Crippen MR) is 266 cm³/mol. The zero-order valence-corrected chi connectivity index (χ0v) is 36.6. The Morgan fingerprint density at radius 3 is 1.38 bits per heavy atom. The molecule has 2 fully saturated rings. The van der Waals surface area contributed by atoms with Gasteiger partial charge >= 0.3 is 0 Å². The van der Waals surface area contributed by atoms with Crippen LogP contribution < -0.4 is 4.90 Å². The van der Waals surface area contributed by atoms with E-state index in [9.17, 15) is 0 Å². The van der Waals surface area contributed by atoms with Crippen molar-refractivity contribution in [3.05, 3.63) is 233 Å². The highest BCUT2D eigenvalue weighted by atomic mass is 15.1. The second-order valence-corrected chi connectivity index (χ2v) is 18.5. The highest BCUT2D eigenvalue weighted by Crippen LogP contribution is 2.58. The SMILES string of the molecule is Cc1cccc2c1-c1ccc(N(c3ccc(-c4ccccc4-c4ccc(C5CCCCC5)cc4)cc3)c3ccc(C4CCCCC4)cc3)cc1C2(c1ccccc1)c1ccccc1. The molecule has 8 aromatic carbocycles. The van der Waals surface area contributed by atoms with Crippen LogP contribution >= 0.6 is 0 Å². The van der Waals surface area contributed by atoms with Gasteiger partial charge in [0.15, 0.2) is 0 Å². The summed E-state index contributed by atoms with van der Waals surface area (Å²) < 4.78 is 0. The zero-order chi connectivity index (χ0) is 42.2. The lowest BCUT2D eigenvalue weighted by Gasteiger charge is -2.35. The summed E-state index contributed by atoms with van der Waals surface area (Å²) in [6.07, 6.45) is 13.4. The summed E-state index contributed by atoms with van der Waals surface area (Å²) in [4.78, 5) is 2.49. The molecular formula is C62H57N. The van der Waals surface area contributed by atoms with Crippen molar-refractivity contribution in [3.63, 3.8) is 0 Å². The molecule has 0 aromatic heterocycles. The van der Waals surface area contributed by atoms with Crippen LogP contribution in [0.4, 0.5) is 17.1 Å². The first-order valence-corrected chi connectivity index (χ1v) is 23.7. The highest BCUT2D eigenvalue weighted by Gasteiger charge is 2.47. The summed E-state index contributed by atoms with van der Waals surface area (Å²) in [5.74, 6) is 1.36. The van der Waals surface area contributed by atoms with Crippen molar-refractivity contribution in [2.45, 2.75) is 88.4 Å². The normalized spacial score (nSPS) is 16.0. The lowest BCUT2D eigenvalue weighted by Crippen LogP contribution is -2.28. The summed E-state index contributed by atoms with van der Waals surface area (Å²) in [6.45, 7) is 2.27. The van der Waals surface area contributed by atoms with Crippen LogP contribution in [0.15, 0.2) is 194 Å². The number of fused-ring (bicyclic) bond motifs is 3. The van der Waals surface area contributed by atoms with Crippen LogP contribution in [0.5, 0.6) is 0 Å². The van der Waals surface area contributed by atoms with Crippen LogP contribution in [0, 0.1) is 6.92 Å². The number of benzene rings is 8. The van der Waals surface area contributed by atoms with E-state index in [4.69, 9.17) is 0 Å². The van der Waals surface area contributed by atoms with Crippen molar-refractivity contribution < 1.29 is 0 Å². The number of hydrogen-bond acceptors (Lipinski definition) is 1. The molecule has 0 atom stereocenters. The number of aryl methyl sites for hydroxylation is 1. The molecule has 0 heterocycles. The molecule has 0 spiro atoms. The van der Waals surface area contributed by atoms with E-state index in [2.05, 4.69) is 206 Å². The van der Waals surface area contributed by atoms with Gasteiger partial charge in [-0.05, 0) is 153 Å². The zero-order valence-electron chi connectivity index (χ0n) is 36.6. The van der Waals surface area contributed by atoms with E-state index in [0.29, 0.717) is 11.8 Å². The van der Waals surface area contributed by atoms with E-state index < -0.39 is 5.41 Å². The van der Waals surface area contributed by atoms with Crippen LogP contribution in [0.1, 0.15) is 115 Å². The Morgan fingerprint density at radius 2 is 0.841 bits per heavy atom. The van der Waals surface area contributed by atoms with Crippen molar-refractivity contribution in [1.29, 1.82) is 0 Å². The fourth-order valence-corrected chi connectivity index (χ4v) is 11.8. The van der Waals surface area contributed by atoms with E-state index in [-0.39, 0.29) is 0 Å². The van der Waals surface area contributed by atoms with Gasteiger partial charge in [0.2, 0.25) is 0 Å². The topological polar surface area (TPSA) is 3.24 Å². The quantitative estimate of drug-likeness (QED) is 0.140. The lowest BCUT2D eigenvalue weighted by atomic mass is 9.67. The van der Waals surface area contributed by atoms with Crippen LogP contribution in [0.25, 0.3) is 33.4 Å². The van der Waals surface area contributed by atoms with E-state index in [1.165, 1.54) is 142 Å². The van der Waals surface area contributed by atoms with Crippen LogP contribution in [-0.2, 0) is 5.41 Å². The molecular weight excluding hydrogens is 759 g/mol. The van der Waals surface area contributed by atoms with Gasteiger partial charge in [0.05, 0.1) is 5.41 Å². The van der Waals surface area contributed by atoms with Crippen LogP contribution in [0.2, 0.25) is 0 Å². The molecule has 0 bridgehead atoms. The third-order valence-corrected chi connectivity index (χ3v) is 14.9. The summed E-state index contributed by atoms with van der Waals surface area (Å²) in [6, 6.07) is 73.8. The van der Waals surface area contributed by atoms with E-state index >= 15 is 0 Å². The molecule has 3 aliphatic rings. The maximum Gasteiger partial charge on any atom is 0.0714 e. The van der Waals surface area contributed by atoms with Gasteiger partial charge in [-0.1, -0.05) is 196 Å². The molecule has 2 saturated carbocycles. The average Bonchev–Trinajstić information content (AvgIpc) is 3.67. The minimum atomic E-state index is -0.478. The molecule has 0 unspecified atom stereocenters. The smallest absolute Gasteiger partial charge is 0.0714 e. The lowest BCUT2D eigenvalue weighted by molar-refractivity contribution is 0.443. The number of nitrogens with zero attached hydrogens (tertiary/aromatic N) is 1. The Morgan fingerprint density at radius 1 is 0.381 bits per heavy atom. The van der Waals surface area contributed by atoms with Gasteiger partial charge in [0.1, 0.15) is 0 Å². The summed E-state index contributed by atoms with van der Waals surface area (Å²) in [5.41, 5.74) is 20.2. The molecule has 11 rings (SSSR count). The van der Waals surface area contributed by atoms with Crippen molar-refractivity contribution in [1.82, 2.24) is 0 Å². The van der Waals surface area contributed by atoms with Gasteiger partial charge in [0, 0.05) is 17.1 Å². The van der Waals surface area contributed by atoms with Crippen molar-refractivity contribution >= 4 is 17.1 Å². The predicted octanol–water partition coefficient (Wildman–Crippen LogP) is 17.3. The van der Waals surface area contributed by atoms with E-state index in [0.717, 1.165) is 11.4 Å². The summed E-state index contributed by atoms with van der Waals surface area (Å²) in [5, 5.41) is 0. The number of hydrogen-bond donors (Lipinski definition) is 0. The monoisotopic (exact) mass is 815 g/mol. The summed E-state index contributed by atoms with van der Waals surface area (Å²) >= 11 is 0. The van der Waals surface area contributed by atoms with Crippen molar-refractivity contribution in [2.24, 2.45) is 0 Å². The first kappa shape index (κ1) is 39.4. The number of rotatable bonds is 9. The van der Waals surface area contributed by atoms with E-state index in [1.54, 1.807) is 0 Å². The van der Waals surface area contributed by atoms with Gasteiger partial charge in [-0.25, -0.2) is 0 Å². The molecule has 63 heavy (non-hydrogen) atoms. The van der Waals surface area contributed by atoms with Crippen LogP contribution in [0.3, 0.4) is 0 Å². The Kier molecular flexibility index (Phi) is 10.7. The van der Waals surface area contributed by atoms with E-state index in [1.807, 2.05) is 0 Å². The third-order valence-electron chi connectivity index (χ3n) is 14.9. The van der Waals surface area contributed by atoms with Crippen molar-refractivity contribution in [2.75, 3.05) is 4.90 Å². The van der Waals surface area contributed by atoms with Gasteiger partial charge in [-0.15, -0.1) is 0 Å². The third kappa shape index (κ3) is 7.13. The molecule has 1 nitrogen and oxygen atoms in total. The van der Waals surface area contributed by atoms with Crippen LogP contribution in [-0.4, -0.2) is 0 Å². The molecule has 8 aromatic rings. The first-order valence-electron chi connectivity index (χ1n) is 23.7. The Balaban J connectivity index is 1.03. The second kappa shape index (κ2) is 17.0. The molecule has 0 radical (unpaired) electrons. The number of anilines is 3. The fourth-order valence-electron chi connectivity index (χ4n) is 11.8. The summed E-state index contributed by atoms with van der Waals surface area (Å²) in [7, 11) is 0. The van der Waals surface area contributed by atoms with Crippen molar-refractivity contribution in [3.8, 4) is 33.4 Å². The molecule has 1 heteroatoms. The fraction of sp³-hybridized carbons (Fsp3) is 0.226. The maximum atomic E-state index is 2.50. The second-order valence-electron chi connectivity index (χ2n) is 18.5. The Bertz CT molecular complexity index is 2780. The Labute approximate surface area is 375 Å². The Hall–Kier alpha value is -6.44. The molecule has 0 N–H and O–H groups in total. The molecule has 0 amide bonds. The van der Waals surface area contributed by atoms with Gasteiger partial charge in [-0.2, -0.15) is 0 Å². The van der Waals surface area contributed by atoms with Gasteiger partial charge in [-0.3, -0.25) is 0 Å². The molecule has 0 saturated heterocycles. The highest BCUT2D eigenvalue weighted by molar-refractivity contribution is 5.91. The minimum Gasteiger partial charge on any atom is -0.310 e. The standard InChI is InChI=1S/C62H57N/c1-44-17-16-28-59-61(44)58-42-41-55(43-60(58)62(59,51-22-10-4-11-23-51)52-24-12-5-13-25-52)63(53-37-33-48(34-38-53)46-20-8-3-9-21-46)54-39-35-50(36-40-54)57-27-15-14-26-56(57)49-31-29-47(30-32-49)45-18-6-2-7-19-45/h4-5,10-17,22-43,45-46H,2-3,6-9,18-21H2,1H3. The van der Waals surface area contributed by atoms with Gasteiger partial charge in [0.25, 0.3) is 0 Å². The minimum absolute atomic E-state index is 0.478. The largest absolute Gasteiger partial charge is 0.310 e. The first-order chi connectivity index (χ1) is 31.2. The maximum absolute atomic E-state index is 2.50. The molecule has 3 aliphatic carbocycles. The average molecular weight is 816 g/mol. The molecule has 310 valence electrons. The molecule has 0 aliphatic heterocycles. The van der Waals surface area contributed by atoms with Gasteiger partial charge < -0.3 is 4.90 Å².